The first-order valence-corrected chi connectivity index (χ1v) is 5.79. The zero-order valence-corrected chi connectivity index (χ0v) is 10.2. The van der Waals surface area contributed by atoms with E-state index in [1.807, 2.05) is 31.2 Å². The summed E-state index contributed by atoms with van der Waals surface area (Å²) in [5.41, 5.74) is 1.82. The fourth-order valence-corrected chi connectivity index (χ4v) is 1.76. The number of anilines is 1. The summed E-state index contributed by atoms with van der Waals surface area (Å²) < 4.78 is 1.70. The monoisotopic (exact) mass is 253 g/mol. The first kappa shape index (κ1) is 11.3. The highest BCUT2D eigenvalue weighted by Crippen LogP contribution is 2.09. The SMILES string of the molecule is Cc1cccc(C(=O)Nc2nnc3ccccn23)n1. The van der Waals surface area contributed by atoms with E-state index in [1.54, 1.807) is 22.7 Å². The Labute approximate surface area is 109 Å². The molecule has 6 heteroatoms. The number of fused-ring (bicyclic) bond motifs is 1. The van der Waals surface area contributed by atoms with Crippen LogP contribution in [0.25, 0.3) is 5.65 Å². The second-order valence-electron chi connectivity index (χ2n) is 4.07. The summed E-state index contributed by atoms with van der Waals surface area (Å²) in [6.07, 6.45) is 1.79. The Morgan fingerprint density at radius 1 is 1.16 bits per heavy atom. The number of amides is 1. The molecule has 0 saturated carbocycles. The van der Waals surface area contributed by atoms with Gasteiger partial charge in [0.2, 0.25) is 5.95 Å². The van der Waals surface area contributed by atoms with E-state index >= 15 is 0 Å². The molecule has 3 aromatic heterocycles. The predicted molar refractivity (Wildman–Crippen MR) is 69.9 cm³/mol. The summed E-state index contributed by atoms with van der Waals surface area (Å²) >= 11 is 0. The van der Waals surface area contributed by atoms with Crippen molar-refractivity contribution in [1.29, 1.82) is 0 Å². The lowest BCUT2D eigenvalue weighted by Gasteiger charge is -2.03. The first-order chi connectivity index (χ1) is 9.24. The minimum atomic E-state index is -0.304. The van der Waals surface area contributed by atoms with Gasteiger partial charge in [0.1, 0.15) is 5.69 Å². The van der Waals surface area contributed by atoms with Crippen LogP contribution in [-0.2, 0) is 0 Å². The van der Waals surface area contributed by atoms with Crippen LogP contribution in [0.5, 0.6) is 0 Å². The Morgan fingerprint density at radius 3 is 2.89 bits per heavy atom. The topological polar surface area (TPSA) is 72.2 Å². The molecule has 0 aliphatic rings. The summed E-state index contributed by atoms with van der Waals surface area (Å²) in [5.74, 6) is 0.0748. The van der Waals surface area contributed by atoms with Gasteiger partial charge in [0.05, 0.1) is 0 Å². The third-order valence-electron chi connectivity index (χ3n) is 2.66. The van der Waals surface area contributed by atoms with Crippen molar-refractivity contribution in [2.45, 2.75) is 6.92 Å². The van der Waals surface area contributed by atoms with Crippen LogP contribution in [0, 0.1) is 6.92 Å². The largest absolute Gasteiger partial charge is 0.289 e. The van der Waals surface area contributed by atoms with Gasteiger partial charge in [-0.2, -0.15) is 0 Å². The van der Waals surface area contributed by atoms with Crippen LogP contribution in [0.15, 0.2) is 42.6 Å². The molecule has 0 aliphatic heterocycles. The molecular weight excluding hydrogens is 242 g/mol. The number of nitrogens with one attached hydrogen (secondary N) is 1. The van der Waals surface area contributed by atoms with E-state index in [4.69, 9.17) is 0 Å². The second kappa shape index (κ2) is 4.49. The van der Waals surface area contributed by atoms with E-state index in [0.29, 0.717) is 17.3 Å². The molecule has 3 aromatic rings. The molecule has 0 fully saturated rings. The Hall–Kier alpha value is -2.76. The number of nitrogens with zero attached hydrogens (tertiary/aromatic N) is 4. The van der Waals surface area contributed by atoms with Crippen molar-refractivity contribution < 1.29 is 4.79 Å². The normalized spacial score (nSPS) is 10.6. The van der Waals surface area contributed by atoms with Gasteiger partial charge in [0.15, 0.2) is 5.65 Å². The van der Waals surface area contributed by atoms with Gasteiger partial charge in [0, 0.05) is 11.9 Å². The molecule has 19 heavy (non-hydrogen) atoms. The van der Waals surface area contributed by atoms with Gasteiger partial charge in [-0.25, -0.2) is 4.98 Å². The van der Waals surface area contributed by atoms with Crippen LogP contribution < -0.4 is 5.32 Å². The molecular formula is C13H11N5O. The Bertz CT molecular complexity index is 749. The van der Waals surface area contributed by atoms with E-state index in [9.17, 15) is 4.79 Å². The fourth-order valence-electron chi connectivity index (χ4n) is 1.76. The molecule has 0 spiro atoms. The molecule has 0 aliphatic carbocycles. The molecule has 0 aromatic carbocycles. The number of hydrogen-bond acceptors (Lipinski definition) is 4. The van der Waals surface area contributed by atoms with Gasteiger partial charge in [-0.05, 0) is 31.2 Å². The minimum absolute atomic E-state index is 0.304. The maximum absolute atomic E-state index is 12.1. The molecule has 0 bridgehead atoms. The summed E-state index contributed by atoms with van der Waals surface area (Å²) in [6.45, 7) is 1.84. The van der Waals surface area contributed by atoms with E-state index < -0.39 is 0 Å². The van der Waals surface area contributed by atoms with Gasteiger partial charge in [0.25, 0.3) is 5.91 Å². The highest BCUT2D eigenvalue weighted by Gasteiger charge is 2.11. The maximum atomic E-state index is 12.1. The third kappa shape index (κ3) is 2.15. The van der Waals surface area contributed by atoms with Crippen molar-refractivity contribution in [3.63, 3.8) is 0 Å². The maximum Gasteiger partial charge on any atom is 0.276 e. The molecule has 0 unspecified atom stereocenters. The van der Waals surface area contributed by atoms with Crippen LogP contribution in [0.3, 0.4) is 0 Å². The highest BCUT2D eigenvalue weighted by atomic mass is 16.2. The third-order valence-corrected chi connectivity index (χ3v) is 2.66. The lowest BCUT2D eigenvalue weighted by atomic mass is 10.3. The quantitative estimate of drug-likeness (QED) is 0.754. The van der Waals surface area contributed by atoms with Crippen LogP contribution in [0.4, 0.5) is 5.95 Å². The summed E-state index contributed by atoms with van der Waals surface area (Å²) in [5, 5.41) is 10.6. The molecule has 0 radical (unpaired) electrons. The summed E-state index contributed by atoms with van der Waals surface area (Å²) in [7, 11) is 0. The van der Waals surface area contributed by atoms with E-state index in [-0.39, 0.29) is 5.91 Å². The highest BCUT2D eigenvalue weighted by molar-refractivity contribution is 6.02. The van der Waals surface area contributed by atoms with Crippen LogP contribution >= 0.6 is 0 Å². The minimum Gasteiger partial charge on any atom is -0.289 e. The van der Waals surface area contributed by atoms with E-state index in [1.165, 1.54) is 0 Å². The predicted octanol–water partition coefficient (Wildman–Crippen LogP) is 1.69. The first-order valence-electron chi connectivity index (χ1n) is 5.79. The zero-order chi connectivity index (χ0) is 13.2. The smallest absolute Gasteiger partial charge is 0.276 e. The number of carbonyl (C=O) groups excluding carboxylic acids is 1. The molecule has 1 amide bonds. The van der Waals surface area contributed by atoms with Crippen molar-refractivity contribution in [2.75, 3.05) is 5.32 Å². The van der Waals surface area contributed by atoms with Crippen LogP contribution in [-0.4, -0.2) is 25.5 Å². The van der Waals surface area contributed by atoms with Crippen molar-refractivity contribution >= 4 is 17.5 Å². The molecule has 1 N–H and O–H groups in total. The summed E-state index contributed by atoms with van der Waals surface area (Å²) in [6, 6.07) is 10.8. The molecule has 0 atom stereocenters. The molecule has 0 saturated heterocycles. The number of rotatable bonds is 2. The van der Waals surface area contributed by atoms with Gasteiger partial charge >= 0.3 is 0 Å². The number of pyridine rings is 2. The number of hydrogen-bond donors (Lipinski definition) is 1. The van der Waals surface area contributed by atoms with Gasteiger partial charge in [-0.1, -0.05) is 12.1 Å². The van der Waals surface area contributed by atoms with Crippen molar-refractivity contribution in [3.05, 3.63) is 54.0 Å². The van der Waals surface area contributed by atoms with Crippen LogP contribution in [0.1, 0.15) is 16.2 Å². The summed E-state index contributed by atoms with van der Waals surface area (Å²) in [4.78, 5) is 16.2. The lowest BCUT2D eigenvalue weighted by molar-refractivity contribution is 0.102. The number of aromatic nitrogens is 4. The molecule has 3 heterocycles. The van der Waals surface area contributed by atoms with Gasteiger partial charge in [-0.15, -0.1) is 10.2 Å². The number of carbonyl (C=O) groups is 1. The average molecular weight is 253 g/mol. The second-order valence-corrected chi connectivity index (χ2v) is 4.07. The van der Waals surface area contributed by atoms with E-state index in [0.717, 1.165) is 5.69 Å². The molecule has 6 nitrogen and oxygen atoms in total. The van der Waals surface area contributed by atoms with Crippen molar-refractivity contribution in [2.24, 2.45) is 0 Å². The zero-order valence-electron chi connectivity index (χ0n) is 10.2. The van der Waals surface area contributed by atoms with Gasteiger partial charge in [-0.3, -0.25) is 14.5 Å². The van der Waals surface area contributed by atoms with Crippen LogP contribution in [0.2, 0.25) is 0 Å². The fraction of sp³-hybridized carbons (Fsp3) is 0.0769. The molecule has 94 valence electrons. The Morgan fingerprint density at radius 2 is 2.05 bits per heavy atom. The standard InChI is InChI=1S/C13H11N5O/c1-9-5-4-6-10(14-9)12(19)15-13-17-16-11-7-2-3-8-18(11)13/h2-8H,1H3,(H,15,17,19). The Kier molecular flexibility index (Phi) is 2.68. The number of aryl methyl sites for hydroxylation is 1. The van der Waals surface area contributed by atoms with Gasteiger partial charge < -0.3 is 0 Å². The van der Waals surface area contributed by atoms with Crippen molar-refractivity contribution in [1.82, 2.24) is 19.6 Å². The molecule has 3 rings (SSSR count). The Balaban J connectivity index is 1.91. The van der Waals surface area contributed by atoms with E-state index in [2.05, 4.69) is 20.5 Å². The van der Waals surface area contributed by atoms with Crippen molar-refractivity contribution in [3.8, 4) is 0 Å². The average Bonchev–Trinajstić information content (AvgIpc) is 2.82. The lowest BCUT2D eigenvalue weighted by Crippen LogP contribution is -2.15.